The molecule has 0 radical (unpaired) electrons. The van der Waals surface area contributed by atoms with Crippen molar-refractivity contribution in [2.24, 2.45) is 17.6 Å². The maximum atomic E-state index is 5.99. The number of nitrogens with zero attached hydrogens (tertiary/aromatic N) is 1. The standard InChI is InChI=1S/C15H30N2O/c1-11-4-5-15(12(2)8-11)17-7-6-14(18-3)9-13(17)10-16/h11-15H,4-10,16H2,1-3H3. The second-order valence-corrected chi connectivity index (χ2v) is 6.47. The van der Waals surface area contributed by atoms with E-state index in [1.54, 1.807) is 0 Å². The summed E-state index contributed by atoms with van der Waals surface area (Å²) in [5.41, 5.74) is 5.99. The average molecular weight is 254 g/mol. The fourth-order valence-corrected chi connectivity index (χ4v) is 4.06. The summed E-state index contributed by atoms with van der Waals surface area (Å²) in [5, 5.41) is 0. The zero-order valence-electron chi connectivity index (χ0n) is 12.3. The Morgan fingerprint density at radius 3 is 2.56 bits per heavy atom. The van der Waals surface area contributed by atoms with Gasteiger partial charge in [-0.15, -0.1) is 0 Å². The maximum Gasteiger partial charge on any atom is 0.0599 e. The Morgan fingerprint density at radius 1 is 1.17 bits per heavy atom. The van der Waals surface area contributed by atoms with Gasteiger partial charge in [0.1, 0.15) is 0 Å². The van der Waals surface area contributed by atoms with E-state index in [1.807, 2.05) is 7.11 Å². The molecule has 2 rings (SSSR count). The van der Waals surface area contributed by atoms with Crippen LogP contribution in [0.4, 0.5) is 0 Å². The highest BCUT2D eigenvalue weighted by atomic mass is 16.5. The van der Waals surface area contributed by atoms with Gasteiger partial charge in [0, 0.05) is 32.3 Å². The number of nitrogens with two attached hydrogens (primary N) is 1. The van der Waals surface area contributed by atoms with Gasteiger partial charge in [-0.2, -0.15) is 0 Å². The third-order valence-corrected chi connectivity index (χ3v) is 5.13. The fourth-order valence-electron chi connectivity index (χ4n) is 4.06. The molecule has 0 bridgehead atoms. The summed E-state index contributed by atoms with van der Waals surface area (Å²) >= 11 is 0. The summed E-state index contributed by atoms with van der Waals surface area (Å²) in [5.74, 6) is 1.73. The van der Waals surface area contributed by atoms with Gasteiger partial charge in [-0.3, -0.25) is 4.90 Å². The monoisotopic (exact) mass is 254 g/mol. The van der Waals surface area contributed by atoms with Gasteiger partial charge >= 0.3 is 0 Å². The molecule has 0 spiro atoms. The van der Waals surface area contributed by atoms with Gasteiger partial charge in [0.25, 0.3) is 0 Å². The van der Waals surface area contributed by atoms with Gasteiger partial charge in [-0.1, -0.05) is 13.8 Å². The Bertz CT molecular complexity index is 259. The van der Waals surface area contributed by atoms with Crippen molar-refractivity contribution >= 4 is 0 Å². The molecular weight excluding hydrogens is 224 g/mol. The van der Waals surface area contributed by atoms with Crippen LogP contribution >= 0.6 is 0 Å². The molecule has 1 saturated carbocycles. The Balaban J connectivity index is 1.98. The zero-order valence-corrected chi connectivity index (χ0v) is 12.3. The normalized spacial score (nSPS) is 43.0. The molecule has 1 aliphatic heterocycles. The summed E-state index contributed by atoms with van der Waals surface area (Å²) < 4.78 is 5.52. The fraction of sp³-hybridized carbons (Fsp3) is 1.00. The van der Waals surface area contributed by atoms with Crippen LogP contribution in [-0.4, -0.2) is 43.3 Å². The minimum absolute atomic E-state index is 0.424. The molecule has 0 aromatic carbocycles. The van der Waals surface area contributed by atoms with Gasteiger partial charge < -0.3 is 10.5 Å². The lowest BCUT2D eigenvalue weighted by Crippen LogP contribution is -2.55. The molecule has 5 unspecified atom stereocenters. The third-order valence-electron chi connectivity index (χ3n) is 5.13. The smallest absolute Gasteiger partial charge is 0.0599 e. The molecule has 2 N–H and O–H groups in total. The molecule has 0 aromatic rings. The Kier molecular flexibility index (Phi) is 5.05. The molecule has 1 saturated heterocycles. The molecule has 2 fully saturated rings. The molecule has 5 atom stereocenters. The predicted octanol–water partition coefficient (Wildman–Crippen LogP) is 2.25. The number of ether oxygens (including phenoxy) is 1. The molecule has 3 nitrogen and oxygen atoms in total. The highest BCUT2D eigenvalue weighted by molar-refractivity contribution is 4.91. The van der Waals surface area contributed by atoms with E-state index >= 15 is 0 Å². The van der Waals surface area contributed by atoms with E-state index in [9.17, 15) is 0 Å². The van der Waals surface area contributed by atoms with Crippen LogP contribution in [0.15, 0.2) is 0 Å². The van der Waals surface area contributed by atoms with Crippen molar-refractivity contribution in [3.8, 4) is 0 Å². The number of hydrogen-bond donors (Lipinski definition) is 1. The lowest BCUT2D eigenvalue weighted by Gasteiger charge is -2.47. The zero-order chi connectivity index (χ0) is 13.1. The van der Waals surface area contributed by atoms with E-state index in [0.29, 0.717) is 12.1 Å². The highest BCUT2D eigenvalue weighted by Gasteiger charge is 2.36. The first-order valence-corrected chi connectivity index (χ1v) is 7.64. The number of methoxy groups -OCH3 is 1. The molecule has 106 valence electrons. The van der Waals surface area contributed by atoms with Crippen LogP contribution in [-0.2, 0) is 4.74 Å². The Hall–Kier alpha value is -0.120. The van der Waals surface area contributed by atoms with Crippen molar-refractivity contribution in [2.45, 2.75) is 64.1 Å². The van der Waals surface area contributed by atoms with Gasteiger partial charge in [-0.25, -0.2) is 0 Å². The van der Waals surface area contributed by atoms with Crippen molar-refractivity contribution in [3.05, 3.63) is 0 Å². The first kappa shape index (κ1) is 14.3. The summed E-state index contributed by atoms with van der Waals surface area (Å²) in [4.78, 5) is 2.70. The average Bonchev–Trinajstić information content (AvgIpc) is 2.38. The van der Waals surface area contributed by atoms with Crippen molar-refractivity contribution in [3.63, 3.8) is 0 Å². The van der Waals surface area contributed by atoms with Crippen LogP contribution in [0.25, 0.3) is 0 Å². The summed E-state index contributed by atoms with van der Waals surface area (Å²) in [6.07, 6.45) is 6.84. The van der Waals surface area contributed by atoms with Gasteiger partial charge in [-0.05, 0) is 43.9 Å². The van der Waals surface area contributed by atoms with E-state index in [-0.39, 0.29) is 0 Å². The van der Waals surface area contributed by atoms with Crippen LogP contribution in [0.5, 0.6) is 0 Å². The number of piperidine rings is 1. The lowest BCUT2D eigenvalue weighted by atomic mass is 9.78. The molecule has 3 heteroatoms. The second kappa shape index (κ2) is 6.36. The second-order valence-electron chi connectivity index (χ2n) is 6.47. The summed E-state index contributed by atoms with van der Waals surface area (Å²) in [6.45, 7) is 6.77. The number of hydrogen-bond acceptors (Lipinski definition) is 3. The van der Waals surface area contributed by atoms with Crippen molar-refractivity contribution in [2.75, 3.05) is 20.2 Å². The highest BCUT2D eigenvalue weighted by Crippen LogP contribution is 2.35. The Morgan fingerprint density at radius 2 is 1.94 bits per heavy atom. The van der Waals surface area contributed by atoms with Crippen molar-refractivity contribution in [1.82, 2.24) is 4.90 Å². The topological polar surface area (TPSA) is 38.5 Å². The molecule has 0 amide bonds. The van der Waals surface area contributed by atoms with Crippen molar-refractivity contribution in [1.29, 1.82) is 0 Å². The SMILES string of the molecule is COC1CCN(C2CCC(C)CC2C)C(CN)C1. The quantitative estimate of drug-likeness (QED) is 0.839. The van der Waals surface area contributed by atoms with E-state index < -0.39 is 0 Å². The molecule has 1 aliphatic carbocycles. The minimum Gasteiger partial charge on any atom is -0.381 e. The lowest BCUT2D eigenvalue weighted by molar-refractivity contribution is -0.0261. The minimum atomic E-state index is 0.424. The first-order valence-electron chi connectivity index (χ1n) is 7.64. The summed E-state index contributed by atoms with van der Waals surface area (Å²) in [6, 6.07) is 1.29. The largest absolute Gasteiger partial charge is 0.381 e. The van der Waals surface area contributed by atoms with Crippen molar-refractivity contribution < 1.29 is 4.74 Å². The van der Waals surface area contributed by atoms with E-state index in [0.717, 1.165) is 30.8 Å². The Labute approximate surface area is 112 Å². The summed E-state index contributed by atoms with van der Waals surface area (Å²) in [7, 11) is 1.83. The maximum absolute atomic E-state index is 5.99. The van der Waals surface area contributed by atoms with Crippen LogP contribution in [0.3, 0.4) is 0 Å². The van der Waals surface area contributed by atoms with Gasteiger partial charge in [0.05, 0.1) is 6.10 Å². The molecular formula is C15H30N2O. The van der Waals surface area contributed by atoms with Crippen LogP contribution < -0.4 is 5.73 Å². The molecule has 2 aliphatic rings. The van der Waals surface area contributed by atoms with Crippen LogP contribution in [0.2, 0.25) is 0 Å². The van der Waals surface area contributed by atoms with Crippen LogP contribution in [0, 0.1) is 11.8 Å². The molecule has 0 aromatic heterocycles. The van der Waals surface area contributed by atoms with E-state index in [1.165, 1.54) is 32.2 Å². The van der Waals surface area contributed by atoms with E-state index in [2.05, 4.69) is 18.7 Å². The molecule has 18 heavy (non-hydrogen) atoms. The van der Waals surface area contributed by atoms with Gasteiger partial charge in [0.2, 0.25) is 0 Å². The predicted molar refractivity (Wildman–Crippen MR) is 75.5 cm³/mol. The first-order chi connectivity index (χ1) is 8.65. The third kappa shape index (κ3) is 3.06. The van der Waals surface area contributed by atoms with Gasteiger partial charge in [0.15, 0.2) is 0 Å². The van der Waals surface area contributed by atoms with E-state index in [4.69, 9.17) is 10.5 Å². The molecule has 1 heterocycles. The number of likely N-dealkylation sites (tertiary alicyclic amines) is 1. The number of rotatable bonds is 3. The van der Waals surface area contributed by atoms with Crippen LogP contribution in [0.1, 0.15) is 46.0 Å².